The number of fused-ring (bicyclic) bond motifs is 2. The van der Waals surface area contributed by atoms with Crippen LogP contribution in [0.1, 0.15) is 5.56 Å². The van der Waals surface area contributed by atoms with Crippen molar-refractivity contribution in [3.63, 3.8) is 0 Å². The van der Waals surface area contributed by atoms with Gasteiger partial charge < -0.3 is 4.40 Å². The zero-order chi connectivity index (χ0) is 19.1. The molecule has 0 aliphatic carbocycles. The third-order valence-corrected chi connectivity index (χ3v) is 4.73. The first-order valence-corrected chi connectivity index (χ1v) is 8.70. The fourth-order valence-electron chi connectivity index (χ4n) is 3.24. The van der Waals surface area contributed by atoms with Gasteiger partial charge in [0.2, 0.25) is 0 Å². The Morgan fingerprint density at radius 2 is 1.89 bits per heavy atom. The fourth-order valence-corrected chi connectivity index (χ4v) is 3.24. The third-order valence-electron chi connectivity index (χ3n) is 4.73. The Balaban J connectivity index is 1.50. The Hall–Kier alpha value is -3.87. The highest BCUT2D eigenvalue weighted by atomic mass is 19.1. The van der Waals surface area contributed by atoms with E-state index >= 15 is 0 Å². The zero-order valence-corrected chi connectivity index (χ0v) is 14.7. The minimum absolute atomic E-state index is 0.101. The Kier molecular flexibility index (Phi) is 3.72. The number of rotatable bonds is 3. The van der Waals surface area contributed by atoms with Gasteiger partial charge in [-0.2, -0.15) is 0 Å². The second-order valence-corrected chi connectivity index (χ2v) is 6.50. The van der Waals surface area contributed by atoms with Gasteiger partial charge in [-0.3, -0.25) is 9.36 Å². The van der Waals surface area contributed by atoms with Crippen LogP contribution in [0, 0.1) is 5.82 Å². The van der Waals surface area contributed by atoms with Gasteiger partial charge in [0, 0.05) is 18.0 Å². The number of benzene rings is 1. The molecule has 4 aromatic heterocycles. The summed E-state index contributed by atoms with van der Waals surface area (Å²) < 4.78 is 18.0. The number of nitrogens with zero attached hydrogens (tertiary/aromatic N) is 5. The molecular formula is C21H14FN5O. The molecular weight excluding hydrogens is 357 g/mol. The first-order chi connectivity index (χ1) is 13.7. The van der Waals surface area contributed by atoms with Crippen molar-refractivity contribution in [3.8, 4) is 11.1 Å². The molecule has 7 heteroatoms. The van der Waals surface area contributed by atoms with Crippen molar-refractivity contribution in [2.75, 3.05) is 0 Å². The molecule has 0 bridgehead atoms. The fraction of sp³-hybridized carbons (Fsp3) is 0.0476. The molecule has 5 aromatic rings. The maximum absolute atomic E-state index is 14.8. The van der Waals surface area contributed by atoms with E-state index in [1.54, 1.807) is 36.9 Å². The SMILES string of the molecule is O=c1c2cccnc2ncn1Cc1ccc(-c2ccc3cncn3c2)cc1F. The quantitative estimate of drug-likeness (QED) is 0.488. The molecule has 0 saturated heterocycles. The molecule has 0 N–H and O–H groups in total. The maximum atomic E-state index is 14.8. The molecule has 28 heavy (non-hydrogen) atoms. The summed E-state index contributed by atoms with van der Waals surface area (Å²) in [7, 11) is 0. The molecule has 4 heterocycles. The lowest BCUT2D eigenvalue weighted by Gasteiger charge is -2.09. The summed E-state index contributed by atoms with van der Waals surface area (Å²) in [5.74, 6) is -0.374. The van der Waals surface area contributed by atoms with E-state index < -0.39 is 0 Å². The van der Waals surface area contributed by atoms with E-state index in [1.165, 1.54) is 17.0 Å². The number of hydrogen-bond acceptors (Lipinski definition) is 4. The summed E-state index contributed by atoms with van der Waals surface area (Å²) in [5.41, 5.74) is 3.16. The maximum Gasteiger partial charge on any atom is 0.263 e. The summed E-state index contributed by atoms with van der Waals surface area (Å²) in [6.07, 6.45) is 8.36. The van der Waals surface area contributed by atoms with Crippen LogP contribution in [-0.2, 0) is 6.54 Å². The van der Waals surface area contributed by atoms with Gasteiger partial charge in [0.1, 0.15) is 12.1 Å². The van der Waals surface area contributed by atoms with Crippen molar-refractivity contribution in [2.24, 2.45) is 0 Å². The zero-order valence-electron chi connectivity index (χ0n) is 14.7. The second kappa shape index (κ2) is 6.38. The number of imidazole rings is 1. The minimum Gasteiger partial charge on any atom is -0.306 e. The molecule has 6 nitrogen and oxygen atoms in total. The van der Waals surface area contributed by atoms with Crippen LogP contribution in [0.25, 0.3) is 27.7 Å². The predicted molar refractivity (Wildman–Crippen MR) is 103 cm³/mol. The summed E-state index contributed by atoms with van der Waals surface area (Å²) in [6.45, 7) is 0.101. The number of aromatic nitrogens is 5. The van der Waals surface area contributed by atoms with Crippen molar-refractivity contribution < 1.29 is 4.39 Å². The molecule has 5 rings (SSSR count). The molecule has 0 amide bonds. The van der Waals surface area contributed by atoms with Crippen molar-refractivity contribution in [1.82, 2.24) is 23.9 Å². The lowest BCUT2D eigenvalue weighted by atomic mass is 10.0. The first kappa shape index (κ1) is 16.3. The van der Waals surface area contributed by atoms with Crippen LogP contribution in [0.5, 0.6) is 0 Å². The monoisotopic (exact) mass is 371 g/mol. The molecule has 0 saturated carbocycles. The third kappa shape index (κ3) is 2.73. The normalized spacial score (nSPS) is 11.3. The molecule has 136 valence electrons. The molecule has 0 atom stereocenters. The van der Waals surface area contributed by atoms with Crippen molar-refractivity contribution in [2.45, 2.75) is 6.54 Å². The van der Waals surface area contributed by atoms with Crippen LogP contribution in [0.4, 0.5) is 4.39 Å². The van der Waals surface area contributed by atoms with E-state index in [0.29, 0.717) is 16.6 Å². The second-order valence-electron chi connectivity index (χ2n) is 6.50. The average Bonchev–Trinajstić information content (AvgIpc) is 3.19. The summed E-state index contributed by atoms with van der Waals surface area (Å²) >= 11 is 0. The van der Waals surface area contributed by atoms with Gasteiger partial charge in [-0.1, -0.05) is 18.2 Å². The number of pyridine rings is 2. The topological polar surface area (TPSA) is 65.1 Å². The van der Waals surface area contributed by atoms with Crippen LogP contribution >= 0.6 is 0 Å². The van der Waals surface area contributed by atoms with Crippen LogP contribution in [0.3, 0.4) is 0 Å². The number of hydrogen-bond donors (Lipinski definition) is 0. The van der Waals surface area contributed by atoms with Gasteiger partial charge in [0.25, 0.3) is 5.56 Å². The van der Waals surface area contributed by atoms with Gasteiger partial charge in [0.15, 0.2) is 5.65 Å². The number of halogens is 1. The van der Waals surface area contributed by atoms with Crippen molar-refractivity contribution in [1.29, 1.82) is 0 Å². The summed E-state index contributed by atoms with van der Waals surface area (Å²) in [5, 5.41) is 0.413. The Morgan fingerprint density at radius 1 is 1.00 bits per heavy atom. The minimum atomic E-state index is -0.374. The molecule has 0 aliphatic rings. The highest BCUT2D eigenvalue weighted by Gasteiger charge is 2.10. The Bertz CT molecular complexity index is 1390. The summed E-state index contributed by atoms with van der Waals surface area (Å²) in [4.78, 5) is 24.9. The molecule has 0 radical (unpaired) electrons. The lowest BCUT2D eigenvalue weighted by molar-refractivity contribution is 0.595. The van der Waals surface area contributed by atoms with E-state index in [1.807, 2.05) is 28.8 Å². The van der Waals surface area contributed by atoms with E-state index in [0.717, 1.165) is 16.6 Å². The van der Waals surface area contributed by atoms with E-state index in [4.69, 9.17) is 0 Å². The van der Waals surface area contributed by atoms with Gasteiger partial charge in [0.05, 0.1) is 30.0 Å². The lowest BCUT2D eigenvalue weighted by Crippen LogP contribution is -2.21. The molecule has 0 aliphatic heterocycles. The first-order valence-electron chi connectivity index (χ1n) is 8.70. The standard InChI is InChI=1S/C21H14FN5O/c22-19-8-14(15-5-6-17-9-23-12-26(17)10-15)3-4-16(19)11-27-13-25-20-18(21(27)28)2-1-7-24-20/h1-10,12-13H,11H2. The van der Waals surface area contributed by atoms with E-state index in [2.05, 4.69) is 15.0 Å². The smallest absolute Gasteiger partial charge is 0.263 e. The Labute approximate surface area is 158 Å². The van der Waals surface area contributed by atoms with Crippen LogP contribution < -0.4 is 5.56 Å². The molecule has 1 aromatic carbocycles. The van der Waals surface area contributed by atoms with Crippen molar-refractivity contribution in [3.05, 3.63) is 95.4 Å². The van der Waals surface area contributed by atoms with Crippen LogP contribution in [0.2, 0.25) is 0 Å². The Morgan fingerprint density at radius 3 is 2.79 bits per heavy atom. The summed E-state index contributed by atoms with van der Waals surface area (Å²) in [6, 6.07) is 12.2. The van der Waals surface area contributed by atoms with Gasteiger partial charge >= 0.3 is 0 Å². The highest BCUT2D eigenvalue weighted by Crippen LogP contribution is 2.23. The molecule has 0 unspecified atom stereocenters. The molecule has 0 fully saturated rings. The van der Waals surface area contributed by atoms with Gasteiger partial charge in [-0.15, -0.1) is 0 Å². The van der Waals surface area contributed by atoms with E-state index in [9.17, 15) is 9.18 Å². The van der Waals surface area contributed by atoms with Crippen LogP contribution in [0.15, 0.2) is 78.5 Å². The van der Waals surface area contributed by atoms with Crippen LogP contribution in [-0.4, -0.2) is 23.9 Å². The largest absolute Gasteiger partial charge is 0.306 e. The van der Waals surface area contributed by atoms with E-state index in [-0.39, 0.29) is 17.9 Å². The predicted octanol–water partition coefficient (Wildman–Crippen LogP) is 3.29. The highest BCUT2D eigenvalue weighted by molar-refractivity contribution is 5.72. The van der Waals surface area contributed by atoms with Gasteiger partial charge in [-0.05, 0) is 35.4 Å². The average molecular weight is 371 g/mol. The van der Waals surface area contributed by atoms with Gasteiger partial charge in [-0.25, -0.2) is 19.3 Å². The van der Waals surface area contributed by atoms with Crippen molar-refractivity contribution >= 4 is 16.6 Å². The molecule has 0 spiro atoms.